The molecule has 1 aromatic heterocycles. The number of anilines is 1. The van der Waals surface area contributed by atoms with Crippen LogP contribution in [0.15, 0.2) is 34.9 Å². The summed E-state index contributed by atoms with van der Waals surface area (Å²) in [6, 6.07) is 7.90. The maximum absolute atomic E-state index is 5.87. The molecule has 0 radical (unpaired) electrons. The van der Waals surface area contributed by atoms with Gasteiger partial charge in [-0.15, -0.1) is 0 Å². The Morgan fingerprint density at radius 2 is 1.89 bits per heavy atom. The number of aromatic nitrogens is 2. The van der Waals surface area contributed by atoms with Crippen molar-refractivity contribution < 1.29 is 4.74 Å². The van der Waals surface area contributed by atoms with Crippen molar-refractivity contribution in [1.82, 2.24) is 9.97 Å². The molecule has 2 aromatic rings. The monoisotopic (exact) mass is 321 g/mol. The van der Waals surface area contributed by atoms with Crippen LogP contribution in [-0.4, -0.2) is 9.97 Å². The van der Waals surface area contributed by atoms with E-state index in [0.29, 0.717) is 10.4 Å². The molecule has 1 aromatic carbocycles. The summed E-state index contributed by atoms with van der Waals surface area (Å²) in [5.74, 6) is 1.38. The van der Waals surface area contributed by atoms with Crippen molar-refractivity contribution >= 4 is 21.9 Å². The predicted molar refractivity (Wildman–Crippen MR) is 79.4 cm³/mol. The molecule has 0 aliphatic rings. The van der Waals surface area contributed by atoms with Crippen LogP contribution < -0.4 is 10.5 Å². The summed E-state index contributed by atoms with van der Waals surface area (Å²) in [7, 11) is 0. The fraction of sp³-hybridized carbons (Fsp3) is 0.286. The molecule has 0 saturated carbocycles. The Bertz CT molecular complexity index is 593. The average molecular weight is 322 g/mol. The second-order valence-corrected chi connectivity index (χ2v) is 6.08. The van der Waals surface area contributed by atoms with Crippen LogP contribution in [0.2, 0.25) is 0 Å². The van der Waals surface area contributed by atoms with Crippen molar-refractivity contribution in [2.45, 2.75) is 26.2 Å². The van der Waals surface area contributed by atoms with E-state index in [0.717, 1.165) is 11.3 Å². The normalized spacial score (nSPS) is 11.4. The molecule has 0 fully saturated rings. The Hall–Kier alpha value is -1.62. The average Bonchev–Trinajstić information content (AvgIpc) is 2.33. The van der Waals surface area contributed by atoms with Crippen LogP contribution >= 0.6 is 15.9 Å². The number of para-hydroxylation sites is 1. The molecular formula is C14H16BrN3O. The second-order valence-electron chi connectivity index (χ2n) is 5.23. The molecule has 1 heterocycles. The quantitative estimate of drug-likeness (QED) is 0.910. The lowest BCUT2D eigenvalue weighted by Gasteiger charge is -2.22. The number of nitrogen functional groups attached to an aromatic ring is 1. The van der Waals surface area contributed by atoms with Gasteiger partial charge in [0.2, 0.25) is 11.8 Å². The Kier molecular flexibility index (Phi) is 3.75. The zero-order chi connectivity index (χ0) is 14.0. The summed E-state index contributed by atoms with van der Waals surface area (Å²) in [6.07, 6.45) is 1.58. The van der Waals surface area contributed by atoms with E-state index < -0.39 is 0 Å². The first kappa shape index (κ1) is 13.8. The zero-order valence-corrected chi connectivity index (χ0v) is 12.7. The molecule has 100 valence electrons. The molecule has 0 amide bonds. The third-order valence-electron chi connectivity index (χ3n) is 2.63. The van der Waals surface area contributed by atoms with E-state index >= 15 is 0 Å². The number of hydrogen-bond acceptors (Lipinski definition) is 4. The minimum absolute atomic E-state index is 0.0123. The number of ether oxygens (including phenoxy) is 1. The Morgan fingerprint density at radius 3 is 2.58 bits per heavy atom. The van der Waals surface area contributed by atoms with Crippen LogP contribution in [0.3, 0.4) is 0 Å². The van der Waals surface area contributed by atoms with Gasteiger partial charge >= 0.3 is 0 Å². The summed E-state index contributed by atoms with van der Waals surface area (Å²) in [5, 5.41) is 0. The first-order valence-electron chi connectivity index (χ1n) is 5.93. The maximum atomic E-state index is 5.87. The summed E-state index contributed by atoms with van der Waals surface area (Å²) >= 11 is 3.36. The molecule has 0 aliphatic heterocycles. The van der Waals surface area contributed by atoms with Crippen molar-refractivity contribution in [3.8, 4) is 11.6 Å². The van der Waals surface area contributed by atoms with Gasteiger partial charge in [0.05, 0.1) is 10.7 Å². The highest BCUT2D eigenvalue weighted by Gasteiger charge is 2.19. The molecule has 0 spiro atoms. The lowest BCUT2D eigenvalue weighted by Crippen LogP contribution is -2.12. The van der Waals surface area contributed by atoms with Crippen LogP contribution in [0.4, 0.5) is 5.95 Å². The van der Waals surface area contributed by atoms with Crippen molar-refractivity contribution in [3.63, 3.8) is 0 Å². The lowest BCUT2D eigenvalue weighted by molar-refractivity contribution is 0.437. The van der Waals surface area contributed by atoms with E-state index in [1.54, 1.807) is 6.20 Å². The minimum atomic E-state index is -0.0123. The molecule has 2 rings (SSSR count). The van der Waals surface area contributed by atoms with Crippen LogP contribution in [0.25, 0.3) is 0 Å². The van der Waals surface area contributed by atoms with Crippen LogP contribution in [0, 0.1) is 0 Å². The first-order chi connectivity index (χ1) is 8.88. The summed E-state index contributed by atoms with van der Waals surface area (Å²) < 4.78 is 6.54. The number of nitrogens with zero attached hydrogens (tertiary/aromatic N) is 2. The number of nitrogens with two attached hydrogens (primary N) is 1. The lowest BCUT2D eigenvalue weighted by atomic mass is 9.86. The van der Waals surface area contributed by atoms with Crippen LogP contribution in [0.1, 0.15) is 26.3 Å². The first-order valence-corrected chi connectivity index (χ1v) is 6.72. The predicted octanol–water partition coefficient (Wildman–Crippen LogP) is 3.91. The topological polar surface area (TPSA) is 61.0 Å². The third-order valence-corrected chi connectivity index (χ3v) is 3.18. The molecule has 0 aliphatic carbocycles. The van der Waals surface area contributed by atoms with Crippen LogP contribution in [-0.2, 0) is 5.41 Å². The maximum Gasteiger partial charge on any atom is 0.238 e. The number of benzene rings is 1. The van der Waals surface area contributed by atoms with Crippen LogP contribution in [0.5, 0.6) is 11.6 Å². The van der Waals surface area contributed by atoms with Gasteiger partial charge in [-0.1, -0.05) is 39.0 Å². The van der Waals surface area contributed by atoms with Crippen molar-refractivity contribution in [1.29, 1.82) is 0 Å². The Labute approximate surface area is 121 Å². The highest BCUT2D eigenvalue weighted by Crippen LogP contribution is 2.35. The van der Waals surface area contributed by atoms with Gasteiger partial charge in [0.25, 0.3) is 0 Å². The standard InChI is InChI=1S/C14H16BrN3O/c1-14(2,3)9-6-4-5-7-11(9)19-12-10(15)8-17-13(16)18-12/h4-8H,1-3H3,(H2,16,17,18). The number of hydrogen-bond donors (Lipinski definition) is 1. The van der Waals surface area contributed by atoms with E-state index in [1.807, 2.05) is 24.3 Å². The smallest absolute Gasteiger partial charge is 0.238 e. The van der Waals surface area contributed by atoms with Gasteiger partial charge in [0, 0.05) is 5.56 Å². The van der Waals surface area contributed by atoms with E-state index in [-0.39, 0.29) is 11.4 Å². The van der Waals surface area contributed by atoms with Crippen molar-refractivity contribution in [3.05, 3.63) is 40.5 Å². The number of rotatable bonds is 2. The summed E-state index contributed by atoms with van der Waals surface area (Å²) in [5.41, 5.74) is 6.68. The largest absolute Gasteiger partial charge is 0.437 e. The second kappa shape index (κ2) is 5.17. The SMILES string of the molecule is CC(C)(C)c1ccccc1Oc1nc(N)ncc1Br. The van der Waals surface area contributed by atoms with Gasteiger partial charge in [-0.3, -0.25) is 0 Å². The molecular weight excluding hydrogens is 306 g/mol. The summed E-state index contributed by atoms with van der Waals surface area (Å²) in [6.45, 7) is 6.41. The zero-order valence-electron chi connectivity index (χ0n) is 11.1. The number of halogens is 1. The molecule has 4 nitrogen and oxygen atoms in total. The summed E-state index contributed by atoms with van der Waals surface area (Å²) in [4.78, 5) is 7.98. The van der Waals surface area contributed by atoms with E-state index in [4.69, 9.17) is 10.5 Å². The van der Waals surface area contributed by atoms with Crippen molar-refractivity contribution in [2.24, 2.45) is 0 Å². The molecule has 0 unspecified atom stereocenters. The van der Waals surface area contributed by atoms with E-state index in [1.165, 1.54) is 0 Å². The van der Waals surface area contributed by atoms with Gasteiger partial charge in [0.1, 0.15) is 5.75 Å². The van der Waals surface area contributed by atoms with Gasteiger partial charge < -0.3 is 10.5 Å². The minimum Gasteiger partial charge on any atom is -0.437 e. The van der Waals surface area contributed by atoms with E-state index in [2.05, 4.69) is 46.7 Å². The molecule has 19 heavy (non-hydrogen) atoms. The Morgan fingerprint density at radius 1 is 1.21 bits per heavy atom. The molecule has 0 atom stereocenters. The van der Waals surface area contributed by atoms with Crippen molar-refractivity contribution in [2.75, 3.05) is 5.73 Å². The highest BCUT2D eigenvalue weighted by atomic mass is 79.9. The van der Waals surface area contributed by atoms with Gasteiger partial charge in [-0.25, -0.2) is 4.98 Å². The third kappa shape index (κ3) is 3.23. The molecule has 0 bridgehead atoms. The van der Waals surface area contributed by atoms with E-state index in [9.17, 15) is 0 Å². The highest BCUT2D eigenvalue weighted by molar-refractivity contribution is 9.10. The fourth-order valence-electron chi connectivity index (χ4n) is 1.72. The van der Waals surface area contributed by atoms with Gasteiger partial charge in [-0.05, 0) is 27.4 Å². The Balaban J connectivity index is 2.41. The fourth-order valence-corrected chi connectivity index (χ4v) is 1.99. The molecule has 5 heteroatoms. The molecule has 2 N–H and O–H groups in total. The van der Waals surface area contributed by atoms with Gasteiger partial charge in [-0.2, -0.15) is 4.98 Å². The van der Waals surface area contributed by atoms with Gasteiger partial charge in [0.15, 0.2) is 0 Å². The molecule has 0 saturated heterocycles.